The molecular formula is C26H25N5OS3. The van der Waals surface area contributed by atoms with Gasteiger partial charge in [0.15, 0.2) is 10.1 Å². The van der Waals surface area contributed by atoms with E-state index in [1.54, 1.807) is 23.1 Å². The maximum Gasteiger partial charge on any atom is 0.219 e. The second-order valence-corrected chi connectivity index (χ2v) is 12.7. The topological polar surface area (TPSA) is 95.9 Å². The van der Waals surface area contributed by atoms with Gasteiger partial charge in [0, 0.05) is 28.3 Å². The molecule has 1 aliphatic heterocycles. The molecule has 0 saturated heterocycles. The predicted molar refractivity (Wildman–Crippen MR) is 142 cm³/mol. The molecule has 0 spiro atoms. The van der Waals surface area contributed by atoms with Crippen LogP contribution in [0, 0.1) is 23.7 Å². The number of benzene rings is 1. The van der Waals surface area contributed by atoms with Crippen molar-refractivity contribution in [3.05, 3.63) is 80.4 Å². The minimum Gasteiger partial charge on any atom is -0.384 e. The summed E-state index contributed by atoms with van der Waals surface area (Å²) in [5.74, 6) is 0.756. The number of carbonyl (C=O) groups excluding carboxylic acids is 1. The van der Waals surface area contributed by atoms with Crippen molar-refractivity contribution in [1.82, 2.24) is 10.2 Å². The molecule has 2 N–H and O–H groups in total. The molecule has 0 bridgehead atoms. The van der Waals surface area contributed by atoms with Gasteiger partial charge in [-0.2, -0.15) is 5.26 Å². The SMILES string of the molecule is Cc1ccsc1C1C(C#N)=C(N)N(c2nnc(SCc3ccccc3)s2)C2=C1C(=O)CC(C)(C)C2. The van der Waals surface area contributed by atoms with Crippen molar-refractivity contribution < 1.29 is 4.79 Å². The van der Waals surface area contributed by atoms with Crippen LogP contribution in [0.4, 0.5) is 5.13 Å². The van der Waals surface area contributed by atoms with E-state index in [4.69, 9.17) is 5.73 Å². The molecule has 0 saturated carbocycles. The Hall–Kier alpha value is -2.93. The highest BCUT2D eigenvalue weighted by Gasteiger charge is 2.46. The number of ketones is 1. The van der Waals surface area contributed by atoms with Gasteiger partial charge >= 0.3 is 0 Å². The molecule has 1 aliphatic carbocycles. The quantitative estimate of drug-likeness (QED) is 0.404. The smallest absolute Gasteiger partial charge is 0.219 e. The molecule has 0 amide bonds. The van der Waals surface area contributed by atoms with Crippen molar-refractivity contribution in [3.8, 4) is 6.07 Å². The number of rotatable bonds is 5. The lowest BCUT2D eigenvalue weighted by molar-refractivity contribution is -0.118. The minimum absolute atomic E-state index is 0.0718. The molecular weight excluding hydrogens is 495 g/mol. The zero-order chi connectivity index (χ0) is 24.7. The Labute approximate surface area is 217 Å². The first-order valence-electron chi connectivity index (χ1n) is 11.3. The first kappa shape index (κ1) is 23.8. The molecule has 3 aromatic rings. The van der Waals surface area contributed by atoms with E-state index >= 15 is 0 Å². The number of allylic oxidation sites excluding steroid dienone is 3. The molecule has 3 heterocycles. The van der Waals surface area contributed by atoms with Crippen LogP contribution in [0.3, 0.4) is 0 Å². The van der Waals surface area contributed by atoms with Gasteiger partial charge in [-0.25, -0.2) is 0 Å². The van der Waals surface area contributed by atoms with Crippen LogP contribution < -0.4 is 10.6 Å². The number of Topliss-reactive ketones (excluding diaryl/α,β-unsaturated/α-hetero) is 1. The maximum atomic E-state index is 13.6. The molecule has 2 aromatic heterocycles. The predicted octanol–water partition coefficient (Wildman–Crippen LogP) is 6.14. The first-order chi connectivity index (χ1) is 16.8. The van der Waals surface area contributed by atoms with Crippen LogP contribution in [0.15, 0.2) is 68.8 Å². The van der Waals surface area contributed by atoms with Crippen LogP contribution in [0.25, 0.3) is 0 Å². The lowest BCUT2D eigenvalue weighted by atomic mass is 9.69. The fourth-order valence-electron chi connectivity index (χ4n) is 4.74. The molecule has 6 nitrogen and oxygen atoms in total. The summed E-state index contributed by atoms with van der Waals surface area (Å²) in [5, 5.41) is 21.6. The number of anilines is 1. The summed E-state index contributed by atoms with van der Waals surface area (Å²) in [6, 6.07) is 14.6. The van der Waals surface area contributed by atoms with Crippen molar-refractivity contribution >= 4 is 45.4 Å². The third-order valence-corrected chi connectivity index (χ3v) is 9.53. The van der Waals surface area contributed by atoms with Gasteiger partial charge in [0.25, 0.3) is 0 Å². The number of thiophene rings is 1. The number of thioether (sulfide) groups is 1. The molecule has 1 aromatic carbocycles. The highest BCUT2D eigenvalue weighted by Crippen LogP contribution is 2.52. The highest BCUT2D eigenvalue weighted by atomic mass is 32.2. The Balaban J connectivity index is 1.58. The average Bonchev–Trinajstić information content (AvgIpc) is 3.45. The van der Waals surface area contributed by atoms with Crippen LogP contribution in [-0.2, 0) is 10.5 Å². The summed E-state index contributed by atoms with van der Waals surface area (Å²) in [4.78, 5) is 16.4. The van der Waals surface area contributed by atoms with Crippen LogP contribution in [0.2, 0.25) is 0 Å². The Kier molecular flexibility index (Phi) is 6.30. The number of nitrogens with two attached hydrogens (primary N) is 1. The van der Waals surface area contributed by atoms with E-state index in [1.165, 1.54) is 16.9 Å². The molecule has 178 valence electrons. The molecule has 9 heteroatoms. The van der Waals surface area contributed by atoms with Crippen LogP contribution in [-0.4, -0.2) is 16.0 Å². The highest BCUT2D eigenvalue weighted by molar-refractivity contribution is 8.00. The molecule has 2 aliphatic rings. The largest absolute Gasteiger partial charge is 0.384 e. The van der Waals surface area contributed by atoms with E-state index in [0.717, 1.165) is 26.2 Å². The van der Waals surface area contributed by atoms with Crippen molar-refractivity contribution in [1.29, 1.82) is 5.26 Å². The lowest BCUT2D eigenvalue weighted by Crippen LogP contribution is -2.42. The number of nitriles is 1. The maximum absolute atomic E-state index is 13.6. The molecule has 5 rings (SSSR count). The van der Waals surface area contributed by atoms with E-state index in [1.807, 2.05) is 41.5 Å². The standard InChI is InChI=1S/C26H25N5OS3/c1-15-9-10-33-22(15)20-17(13-27)23(28)31(18-11-26(2,3)12-19(32)21(18)20)24-29-30-25(35-24)34-14-16-7-5-4-6-8-16/h4-10,20H,11-12,14,28H2,1-3H3. The Morgan fingerprint density at radius 3 is 2.69 bits per heavy atom. The monoisotopic (exact) mass is 519 g/mol. The van der Waals surface area contributed by atoms with Crippen molar-refractivity contribution in [2.75, 3.05) is 4.90 Å². The van der Waals surface area contributed by atoms with Gasteiger partial charge in [0.1, 0.15) is 5.82 Å². The zero-order valence-corrected chi connectivity index (χ0v) is 22.2. The Morgan fingerprint density at radius 2 is 2.00 bits per heavy atom. The van der Waals surface area contributed by atoms with E-state index in [9.17, 15) is 10.1 Å². The third-order valence-electron chi connectivity index (χ3n) is 6.34. The fraction of sp³-hybridized carbons (Fsp3) is 0.308. The first-order valence-corrected chi connectivity index (χ1v) is 14.0. The zero-order valence-electron chi connectivity index (χ0n) is 19.7. The van der Waals surface area contributed by atoms with Gasteiger partial charge in [-0.15, -0.1) is 21.5 Å². The number of aryl methyl sites for hydroxylation is 1. The molecule has 0 radical (unpaired) electrons. The average molecular weight is 520 g/mol. The second-order valence-electron chi connectivity index (χ2n) is 9.57. The van der Waals surface area contributed by atoms with Gasteiger partial charge in [0.05, 0.1) is 17.6 Å². The van der Waals surface area contributed by atoms with Crippen molar-refractivity contribution in [2.45, 2.75) is 49.6 Å². The van der Waals surface area contributed by atoms with Crippen LogP contribution >= 0.6 is 34.4 Å². The van der Waals surface area contributed by atoms with E-state index in [0.29, 0.717) is 34.9 Å². The molecule has 1 unspecified atom stereocenters. The van der Waals surface area contributed by atoms with E-state index < -0.39 is 5.92 Å². The summed E-state index contributed by atoms with van der Waals surface area (Å²) in [6.45, 7) is 6.21. The van der Waals surface area contributed by atoms with Crippen LogP contribution in [0.1, 0.15) is 48.6 Å². The van der Waals surface area contributed by atoms with E-state index in [-0.39, 0.29) is 11.2 Å². The number of hydrogen-bond donors (Lipinski definition) is 1. The summed E-state index contributed by atoms with van der Waals surface area (Å²) in [6.07, 6.45) is 1.11. The number of aromatic nitrogens is 2. The lowest BCUT2D eigenvalue weighted by Gasteiger charge is -2.42. The Morgan fingerprint density at radius 1 is 1.23 bits per heavy atom. The van der Waals surface area contributed by atoms with Gasteiger partial charge in [-0.3, -0.25) is 9.69 Å². The third kappa shape index (κ3) is 4.42. The summed E-state index contributed by atoms with van der Waals surface area (Å²) >= 11 is 4.61. The molecule has 35 heavy (non-hydrogen) atoms. The normalized spacial score (nSPS) is 19.7. The summed E-state index contributed by atoms with van der Waals surface area (Å²) in [7, 11) is 0. The molecule has 0 fully saturated rings. The summed E-state index contributed by atoms with van der Waals surface area (Å²) < 4.78 is 0.815. The number of nitrogens with zero attached hydrogens (tertiary/aromatic N) is 4. The summed E-state index contributed by atoms with van der Waals surface area (Å²) in [5.41, 5.74) is 10.7. The fourth-order valence-corrected chi connectivity index (χ4v) is 7.62. The van der Waals surface area contributed by atoms with Crippen molar-refractivity contribution in [3.63, 3.8) is 0 Å². The Bertz CT molecular complexity index is 1390. The minimum atomic E-state index is -0.435. The van der Waals surface area contributed by atoms with Crippen LogP contribution in [0.5, 0.6) is 0 Å². The molecule has 1 atom stereocenters. The van der Waals surface area contributed by atoms with Gasteiger partial charge in [0.2, 0.25) is 5.13 Å². The van der Waals surface area contributed by atoms with Gasteiger partial charge in [-0.1, -0.05) is 67.3 Å². The van der Waals surface area contributed by atoms with Crippen molar-refractivity contribution in [2.24, 2.45) is 11.1 Å². The number of carbonyl (C=O) groups is 1. The van der Waals surface area contributed by atoms with Gasteiger partial charge < -0.3 is 5.73 Å². The second kappa shape index (κ2) is 9.26. The number of hydrogen-bond acceptors (Lipinski definition) is 9. The van der Waals surface area contributed by atoms with Gasteiger partial charge in [-0.05, 0) is 41.3 Å². The van der Waals surface area contributed by atoms with E-state index in [2.05, 4.69) is 42.2 Å².